The van der Waals surface area contributed by atoms with Crippen molar-refractivity contribution in [2.75, 3.05) is 0 Å². The number of fused-ring (bicyclic) bond motifs is 1. The maximum Gasteiger partial charge on any atom is 0.295 e. The van der Waals surface area contributed by atoms with Crippen molar-refractivity contribution in [1.82, 2.24) is 15.0 Å². The first-order valence-corrected chi connectivity index (χ1v) is 4.72. The molecule has 0 amide bonds. The number of halogens is 3. The molecule has 0 spiro atoms. The van der Waals surface area contributed by atoms with Gasteiger partial charge >= 0.3 is 0 Å². The summed E-state index contributed by atoms with van der Waals surface area (Å²) in [7, 11) is 0. The molecular weight excluding hydrogens is 272 g/mol. The van der Waals surface area contributed by atoms with Crippen molar-refractivity contribution >= 4 is 27.0 Å². The number of pyridine rings is 1. The number of hydrogen-bond donors (Lipinski definition) is 1. The van der Waals surface area contributed by atoms with E-state index in [-0.39, 0.29) is 11.0 Å². The molecule has 0 radical (unpaired) electrons. The number of aromatic nitrogens is 3. The van der Waals surface area contributed by atoms with Gasteiger partial charge in [0.15, 0.2) is 11.5 Å². The number of H-pyrrole nitrogens is 1. The minimum Gasteiger partial charge on any atom is -0.305 e. The number of nitrogens with zero attached hydrogens (tertiary/aromatic N) is 2. The lowest BCUT2D eigenvalue weighted by atomic mass is 10.3. The summed E-state index contributed by atoms with van der Waals surface area (Å²) in [5.74, 6) is -0.668. The highest BCUT2D eigenvalue weighted by molar-refractivity contribution is 9.10. The fourth-order valence-corrected chi connectivity index (χ4v) is 1.42. The summed E-state index contributed by atoms with van der Waals surface area (Å²) in [6, 6.07) is 3.01. The second-order valence-electron chi connectivity index (χ2n) is 2.76. The van der Waals surface area contributed by atoms with Crippen LogP contribution in [0.15, 0.2) is 21.5 Å². The van der Waals surface area contributed by atoms with E-state index in [1.807, 2.05) is 4.98 Å². The van der Waals surface area contributed by atoms with E-state index in [9.17, 15) is 13.6 Å². The lowest BCUT2D eigenvalue weighted by Gasteiger charge is -2.00. The van der Waals surface area contributed by atoms with E-state index in [1.165, 1.54) is 6.07 Å². The van der Waals surface area contributed by atoms with Gasteiger partial charge in [-0.3, -0.25) is 4.79 Å². The number of alkyl halides is 2. The van der Waals surface area contributed by atoms with Crippen LogP contribution in [0.5, 0.6) is 0 Å². The molecule has 0 aliphatic rings. The topological polar surface area (TPSA) is 58.6 Å². The van der Waals surface area contributed by atoms with Gasteiger partial charge < -0.3 is 4.98 Å². The van der Waals surface area contributed by atoms with Crippen molar-refractivity contribution in [2.45, 2.75) is 6.43 Å². The maximum atomic E-state index is 12.3. The Morgan fingerprint density at radius 2 is 2.07 bits per heavy atom. The average Bonchev–Trinajstić information content (AvgIpc) is 2.16. The third-order valence-electron chi connectivity index (χ3n) is 1.76. The Morgan fingerprint density at radius 1 is 1.33 bits per heavy atom. The van der Waals surface area contributed by atoms with Gasteiger partial charge in [0.25, 0.3) is 12.0 Å². The maximum absolute atomic E-state index is 12.3. The first-order chi connectivity index (χ1) is 7.08. The van der Waals surface area contributed by atoms with Crippen LogP contribution in [0.2, 0.25) is 0 Å². The summed E-state index contributed by atoms with van der Waals surface area (Å²) in [4.78, 5) is 20.7. The van der Waals surface area contributed by atoms with Crippen LogP contribution < -0.4 is 5.56 Å². The quantitative estimate of drug-likeness (QED) is 0.810. The molecule has 0 aliphatic carbocycles. The minimum absolute atomic E-state index is 0.00317. The molecular formula is C8H4BrF2N3O. The molecule has 0 bridgehead atoms. The van der Waals surface area contributed by atoms with Crippen molar-refractivity contribution < 1.29 is 8.78 Å². The largest absolute Gasteiger partial charge is 0.305 e. The van der Waals surface area contributed by atoms with Crippen molar-refractivity contribution in [3.05, 3.63) is 32.9 Å². The normalized spacial score (nSPS) is 11.2. The first-order valence-electron chi connectivity index (χ1n) is 3.92. The van der Waals surface area contributed by atoms with Crippen molar-refractivity contribution in [1.29, 1.82) is 0 Å². The van der Waals surface area contributed by atoms with Gasteiger partial charge in [0, 0.05) is 0 Å². The molecule has 78 valence electrons. The summed E-state index contributed by atoms with van der Waals surface area (Å²) >= 11 is 3.07. The highest BCUT2D eigenvalue weighted by Crippen LogP contribution is 2.15. The molecule has 2 rings (SSSR count). The van der Waals surface area contributed by atoms with Crippen LogP contribution in [0.4, 0.5) is 8.78 Å². The Labute approximate surface area is 90.5 Å². The van der Waals surface area contributed by atoms with Crippen LogP contribution in [-0.4, -0.2) is 15.0 Å². The molecule has 0 saturated carbocycles. The smallest absolute Gasteiger partial charge is 0.295 e. The summed E-state index contributed by atoms with van der Waals surface area (Å²) < 4.78 is 25.0. The van der Waals surface area contributed by atoms with Crippen molar-refractivity contribution in [3.63, 3.8) is 0 Å². The molecule has 0 unspecified atom stereocenters. The molecule has 2 heterocycles. The predicted octanol–water partition coefficient (Wildman–Crippen LogP) is 2.02. The van der Waals surface area contributed by atoms with Gasteiger partial charge in [-0.15, -0.1) is 0 Å². The number of aromatic amines is 1. The Bertz CT molecular complexity index is 569. The molecule has 1 N–H and O–H groups in total. The fraction of sp³-hybridized carbons (Fsp3) is 0.125. The Hall–Kier alpha value is -1.37. The number of rotatable bonds is 1. The average molecular weight is 276 g/mol. The van der Waals surface area contributed by atoms with Gasteiger partial charge in [-0.1, -0.05) is 0 Å². The highest BCUT2D eigenvalue weighted by Gasteiger charge is 2.13. The van der Waals surface area contributed by atoms with Crippen LogP contribution in [0.3, 0.4) is 0 Å². The van der Waals surface area contributed by atoms with Crippen LogP contribution in [0.25, 0.3) is 11.0 Å². The Balaban J connectivity index is 2.80. The molecule has 0 aliphatic heterocycles. The fourth-order valence-electron chi connectivity index (χ4n) is 1.12. The van der Waals surface area contributed by atoms with Crippen LogP contribution in [-0.2, 0) is 0 Å². The van der Waals surface area contributed by atoms with E-state index >= 15 is 0 Å². The second kappa shape index (κ2) is 3.65. The van der Waals surface area contributed by atoms with Gasteiger partial charge in [0.1, 0.15) is 4.60 Å². The molecule has 0 fully saturated rings. The molecule has 0 saturated heterocycles. The monoisotopic (exact) mass is 275 g/mol. The summed E-state index contributed by atoms with van der Waals surface area (Å²) in [6.07, 6.45) is -2.82. The van der Waals surface area contributed by atoms with Gasteiger partial charge in [-0.25, -0.2) is 18.7 Å². The molecule has 2 aromatic rings. The zero-order chi connectivity index (χ0) is 11.0. The zero-order valence-electron chi connectivity index (χ0n) is 7.17. The standard InChI is InChI=1S/C8H4BrF2N3O/c9-4-2-1-3-6(12-4)13-7(5(10)11)14-8(3)15/h1-2,5H,(H,12,13,14,15). The van der Waals surface area contributed by atoms with E-state index in [0.717, 1.165) is 0 Å². The summed E-state index contributed by atoms with van der Waals surface area (Å²) in [6.45, 7) is 0. The highest BCUT2D eigenvalue weighted by atomic mass is 79.9. The molecule has 0 atom stereocenters. The van der Waals surface area contributed by atoms with Gasteiger partial charge in [0.2, 0.25) is 0 Å². The third-order valence-corrected chi connectivity index (χ3v) is 2.20. The van der Waals surface area contributed by atoms with Gasteiger partial charge in [0.05, 0.1) is 5.39 Å². The van der Waals surface area contributed by atoms with Crippen molar-refractivity contribution in [2.24, 2.45) is 0 Å². The van der Waals surface area contributed by atoms with Gasteiger partial charge in [-0.2, -0.15) is 0 Å². The van der Waals surface area contributed by atoms with Crippen LogP contribution in [0.1, 0.15) is 12.2 Å². The zero-order valence-corrected chi connectivity index (χ0v) is 8.75. The minimum atomic E-state index is -2.82. The molecule has 2 aromatic heterocycles. The Kier molecular flexibility index (Phi) is 2.47. The van der Waals surface area contributed by atoms with Crippen molar-refractivity contribution in [3.8, 4) is 0 Å². The summed E-state index contributed by atoms with van der Waals surface area (Å²) in [5.41, 5.74) is -0.612. The molecule has 15 heavy (non-hydrogen) atoms. The third kappa shape index (κ3) is 1.87. The van der Waals surface area contributed by atoms with Crippen LogP contribution in [0, 0.1) is 0 Å². The number of hydrogen-bond acceptors (Lipinski definition) is 3. The van der Waals surface area contributed by atoms with E-state index in [4.69, 9.17) is 0 Å². The van der Waals surface area contributed by atoms with E-state index in [0.29, 0.717) is 4.60 Å². The SMILES string of the molecule is O=c1[nH]c(C(F)F)nc2nc(Br)ccc12. The van der Waals surface area contributed by atoms with Crippen LogP contribution >= 0.6 is 15.9 Å². The Morgan fingerprint density at radius 3 is 2.73 bits per heavy atom. The predicted molar refractivity (Wildman–Crippen MR) is 52.8 cm³/mol. The molecule has 4 nitrogen and oxygen atoms in total. The molecule has 7 heteroatoms. The second-order valence-corrected chi connectivity index (χ2v) is 3.57. The lowest BCUT2D eigenvalue weighted by molar-refractivity contribution is 0.140. The van der Waals surface area contributed by atoms with E-state index < -0.39 is 17.8 Å². The summed E-state index contributed by atoms with van der Waals surface area (Å²) in [5, 5.41) is 0.183. The van der Waals surface area contributed by atoms with E-state index in [2.05, 4.69) is 25.9 Å². The lowest BCUT2D eigenvalue weighted by Crippen LogP contribution is -2.12. The molecule has 0 aromatic carbocycles. The number of nitrogens with one attached hydrogen (secondary N) is 1. The van der Waals surface area contributed by atoms with Gasteiger partial charge in [-0.05, 0) is 28.1 Å². The first kappa shape index (κ1) is 10.2. The van der Waals surface area contributed by atoms with E-state index in [1.54, 1.807) is 6.07 Å².